The van der Waals surface area contributed by atoms with Crippen molar-refractivity contribution in [1.82, 2.24) is 0 Å². The van der Waals surface area contributed by atoms with Crippen LogP contribution in [0.3, 0.4) is 0 Å². The molecule has 1 heterocycles. The highest BCUT2D eigenvalue weighted by Crippen LogP contribution is 2.28. The first-order valence-corrected chi connectivity index (χ1v) is 6.88. The van der Waals surface area contributed by atoms with Gasteiger partial charge in [0.05, 0.1) is 25.5 Å². The van der Waals surface area contributed by atoms with Crippen molar-refractivity contribution < 1.29 is 4.21 Å². The lowest BCUT2D eigenvalue weighted by Crippen LogP contribution is -2.22. The van der Waals surface area contributed by atoms with Crippen LogP contribution in [-0.2, 0) is 9.73 Å². The maximum Gasteiger partial charge on any atom is 0.0746 e. The predicted octanol–water partition coefficient (Wildman–Crippen LogP) is 3.50. The molecule has 1 aromatic carbocycles. The van der Waals surface area contributed by atoms with E-state index in [1.807, 2.05) is 0 Å². The summed E-state index contributed by atoms with van der Waals surface area (Å²) in [6, 6.07) is 5.05. The number of halogens is 2. The highest BCUT2D eigenvalue weighted by Gasteiger charge is 2.19. The minimum absolute atomic E-state index is 0.454. The second-order valence-corrected chi connectivity index (χ2v) is 6.58. The van der Waals surface area contributed by atoms with Gasteiger partial charge in [-0.15, -0.1) is 0 Å². The van der Waals surface area contributed by atoms with Gasteiger partial charge in [0, 0.05) is 11.5 Å². The van der Waals surface area contributed by atoms with Crippen molar-refractivity contribution in [3.05, 3.63) is 28.2 Å². The molecule has 0 unspecified atom stereocenters. The monoisotopic (exact) mass is 249 g/mol. The molecule has 1 aliphatic rings. The Kier molecular flexibility index (Phi) is 2.73. The van der Waals surface area contributed by atoms with Crippen molar-refractivity contribution in [2.45, 2.75) is 6.42 Å². The number of hydrogen-bond acceptors (Lipinski definition) is 2. The fourth-order valence-electron chi connectivity index (χ4n) is 1.22. The standard InChI is InChI=1S/C9H9Cl2NOS/c10-8-3-2-7(6-9(8)11)12-14(13)4-1-5-14/h2-3,6H,1,4-5H2. The topological polar surface area (TPSA) is 29.4 Å². The summed E-state index contributed by atoms with van der Waals surface area (Å²) in [6.45, 7) is 0. The average molecular weight is 250 g/mol. The van der Waals surface area contributed by atoms with E-state index in [4.69, 9.17) is 23.2 Å². The third-order valence-electron chi connectivity index (χ3n) is 2.10. The number of nitrogens with zero attached hydrogens (tertiary/aromatic N) is 1. The average Bonchev–Trinajstić information content (AvgIpc) is 2.09. The molecule has 1 aliphatic heterocycles. The number of hydrogen-bond donors (Lipinski definition) is 0. The third-order valence-corrected chi connectivity index (χ3v) is 5.24. The zero-order valence-corrected chi connectivity index (χ0v) is 9.70. The predicted molar refractivity (Wildman–Crippen MR) is 61.0 cm³/mol. The Bertz CT molecular complexity index is 468. The van der Waals surface area contributed by atoms with E-state index in [0.717, 1.165) is 6.42 Å². The molecule has 0 aromatic heterocycles. The van der Waals surface area contributed by atoms with Crippen molar-refractivity contribution in [2.24, 2.45) is 4.36 Å². The molecule has 1 fully saturated rings. The minimum Gasteiger partial charge on any atom is -0.249 e. The summed E-state index contributed by atoms with van der Waals surface area (Å²) in [4.78, 5) is 0. The van der Waals surface area contributed by atoms with E-state index < -0.39 is 9.73 Å². The fourth-order valence-corrected chi connectivity index (χ4v) is 2.97. The van der Waals surface area contributed by atoms with E-state index in [2.05, 4.69) is 4.36 Å². The van der Waals surface area contributed by atoms with E-state index in [-0.39, 0.29) is 0 Å². The Morgan fingerprint density at radius 3 is 2.43 bits per heavy atom. The number of benzene rings is 1. The molecule has 0 saturated carbocycles. The first kappa shape index (κ1) is 10.3. The smallest absolute Gasteiger partial charge is 0.0746 e. The van der Waals surface area contributed by atoms with Crippen LogP contribution in [0.15, 0.2) is 22.6 Å². The molecule has 2 rings (SSSR count). The Morgan fingerprint density at radius 1 is 1.21 bits per heavy atom. The summed E-state index contributed by atoms with van der Waals surface area (Å²) >= 11 is 11.6. The van der Waals surface area contributed by atoms with Crippen molar-refractivity contribution in [3.8, 4) is 0 Å². The van der Waals surface area contributed by atoms with Gasteiger partial charge in [-0.1, -0.05) is 23.2 Å². The van der Waals surface area contributed by atoms with Crippen LogP contribution in [0.5, 0.6) is 0 Å². The Hall–Kier alpha value is -0.250. The minimum atomic E-state index is -1.95. The van der Waals surface area contributed by atoms with Crippen LogP contribution in [0.2, 0.25) is 10.0 Å². The van der Waals surface area contributed by atoms with Gasteiger partial charge in [0.15, 0.2) is 0 Å². The first-order chi connectivity index (χ1) is 6.59. The van der Waals surface area contributed by atoms with Gasteiger partial charge < -0.3 is 0 Å². The molecule has 1 aromatic rings. The van der Waals surface area contributed by atoms with Crippen molar-refractivity contribution >= 4 is 38.6 Å². The van der Waals surface area contributed by atoms with E-state index >= 15 is 0 Å². The molecular weight excluding hydrogens is 241 g/mol. The third kappa shape index (κ3) is 2.05. The van der Waals surface area contributed by atoms with Crippen molar-refractivity contribution in [1.29, 1.82) is 0 Å². The van der Waals surface area contributed by atoms with Gasteiger partial charge in [-0.05, 0) is 24.6 Å². The van der Waals surface area contributed by atoms with E-state index in [9.17, 15) is 4.21 Å². The molecule has 0 spiro atoms. The molecular formula is C9H9Cl2NOS. The Labute approximate surface area is 93.4 Å². The van der Waals surface area contributed by atoms with E-state index in [1.165, 1.54) is 0 Å². The van der Waals surface area contributed by atoms with Gasteiger partial charge in [0.2, 0.25) is 0 Å². The van der Waals surface area contributed by atoms with Gasteiger partial charge in [0.25, 0.3) is 0 Å². The lowest BCUT2D eigenvalue weighted by Gasteiger charge is -2.17. The molecule has 2 nitrogen and oxygen atoms in total. The quantitative estimate of drug-likeness (QED) is 0.750. The zero-order chi connectivity index (χ0) is 10.2. The summed E-state index contributed by atoms with van der Waals surface area (Å²) in [5.74, 6) is 1.40. The summed E-state index contributed by atoms with van der Waals surface area (Å²) < 4.78 is 15.9. The summed E-state index contributed by atoms with van der Waals surface area (Å²) in [7, 11) is -1.95. The summed E-state index contributed by atoms with van der Waals surface area (Å²) in [6.07, 6.45) is 1.00. The highest BCUT2D eigenvalue weighted by atomic mass is 35.5. The number of rotatable bonds is 1. The fraction of sp³-hybridized carbons (Fsp3) is 0.333. The van der Waals surface area contributed by atoms with Gasteiger partial charge >= 0.3 is 0 Å². The van der Waals surface area contributed by atoms with Gasteiger partial charge in [-0.25, -0.2) is 4.21 Å². The molecule has 0 radical (unpaired) electrons. The van der Waals surface area contributed by atoms with Crippen LogP contribution in [0.4, 0.5) is 5.69 Å². The second kappa shape index (κ2) is 3.72. The normalized spacial score (nSPS) is 18.7. The maximum atomic E-state index is 11.8. The molecule has 0 bridgehead atoms. The summed E-state index contributed by atoms with van der Waals surface area (Å²) in [5.41, 5.74) is 0.657. The van der Waals surface area contributed by atoms with Crippen LogP contribution >= 0.6 is 23.2 Å². The van der Waals surface area contributed by atoms with Crippen LogP contribution in [0, 0.1) is 0 Å². The lowest BCUT2D eigenvalue weighted by molar-refractivity contribution is 0.663. The van der Waals surface area contributed by atoms with E-state index in [1.54, 1.807) is 18.2 Å². The molecule has 0 amide bonds. The first-order valence-electron chi connectivity index (χ1n) is 4.27. The molecule has 14 heavy (non-hydrogen) atoms. The van der Waals surface area contributed by atoms with Gasteiger partial charge in [-0.2, -0.15) is 4.36 Å². The van der Waals surface area contributed by atoms with Crippen LogP contribution < -0.4 is 0 Å². The largest absolute Gasteiger partial charge is 0.249 e. The molecule has 0 aliphatic carbocycles. The zero-order valence-electron chi connectivity index (χ0n) is 7.37. The summed E-state index contributed by atoms with van der Waals surface area (Å²) in [5, 5.41) is 0.949. The van der Waals surface area contributed by atoms with Crippen molar-refractivity contribution in [2.75, 3.05) is 11.5 Å². The SMILES string of the molecule is O=S1(=Nc2ccc(Cl)c(Cl)c2)CCC1. The van der Waals surface area contributed by atoms with Crippen LogP contribution in [-0.4, -0.2) is 15.7 Å². The van der Waals surface area contributed by atoms with E-state index in [0.29, 0.717) is 27.2 Å². The highest BCUT2D eigenvalue weighted by molar-refractivity contribution is 7.95. The molecule has 1 saturated heterocycles. The molecule has 76 valence electrons. The van der Waals surface area contributed by atoms with Gasteiger partial charge in [-0.3, -0.25) is 0 Å². The Balaban J connectivity index is 2.39. The van der Waals surface area contributed by atoms with Crippen LogP contribution in [0.25, 0.3) is 0 Å². The van der Waals surface area contributed by atoms with Crippen LogP contribution in [0.1, 0.15) is 6.42 Å². The van der Waals surface area contributed by atoms with Crippen molar-refractivity contribution in [3.63, 3.8) is 0 Å². The molecule has 0 atom stereocenters. The van der Waals surface area contributed by atoms with Gasteiger partial charge in [0.1, 0.15) is 0 Å². The Morgan fingerprint density at radius 2 is 1.93 bits per heavy atom. The molecule has 5 heteroatoms. The lowest BCUT2D eigenvalue weighted by atomic mass is 10.3. The maximum absolute atomic E-state index is 11.8. The molecule has 0 N–H and O–H groups in total. The second-order valence-electron chi connectivity index (χ2n) is 3.22.